The highest BCUT2D eigenvalue weighted by atomic mass is 16.1. The van der Waals surface area contributed by atoms with Gasteiger partial charge < -0.3 is 0 Å². The van der Waals surface area contributed by atoms with Gasteiger partial charge in [0, 0.05) is 16.7 Å². The molecule has 2 aromatic rings. The lowest BCUT2D eigenvalue weighted by atomic mass is 10.1. The van der Waals surface area contributed by atoms with Crippen molar-refractivity contribution in [1.29, 1.82) is 0 Å². The Morgan fingerprint density at radius 2 is 1.82 bits per heavy atom. The molecule has 0 heterocycles. The van der Waals surface area contributed by atoms with Gasteiger partial charge in [0.05, 0.1) is 0 Å². The number of benzene rings is 2. The molecule has 2 rings (SSSR count). The summed E-state index contributed by atoms with van der Waals surface area (Å²) in [5.74, 6) is 6.09. The Balaban J connectivity index is 2.36. The Hall–Kier alpha value is -2.33. The molecule has 0 saturated heterocycles. The Labute approximate surface area is 101 Å². The fraction of sp³-hybridized carbons (Fsp3) is 0.0625. The summed E-state index contributed by atoms with van der Waals surface area (Å²) in [4.78, 5) is 10.8. The Morgan fingerprint density at radius 3 is 2.59 bits per heavy atom. The first kappa shape index (κ1) is 11.2. The highest BCUT2D eigenvalue weighted by molar-refractivity contribution is 5.79. The standard InChI is InChI=1S/C16H12O/c1-13-5-4-6-14(11-13)9-10-15-7-2-3-8-16(15)12-17/h2-8,11-12H,1H3. The number of carbonyl (C=O) groups excluding carboxylic acids is 1. The van der Waals surface area contributed by atoms with Crippen LogP contribution in [0.25, 0.3) is 0 Å². The lowest BCUT2D eigenvalue weighted by Crippen LogP contribution is -1.85. The third-order valence-corrected chi connectivity index (χ3v) is 2.45. The predicted molar refractivity (Wildman–Crippen MR) is 69.0 cm³/mol. The molecule has 0 aliphatic carbocycles. The molecule has 0 aromatic heterocycles. The number of hydrogen-bond donors (Lipinski definition) is 0. The molecular weight excluding hydrogens is 208 g/mol. The van der Waals surface area contributed by atoms with Crippen LogP contribution < -0.4 is 0 Å². The number of hydrogen-bond acceptors (Lipinski definition) is 1. The minimum atomic E-state index is 0.632. The van der Waals surface area contributed by atoms with Crippen LogP contribution in [0.5, 0.6) is 0 Å². The summed E-state index contributed by atoms with van der Waals surface area (Å²) in [6.07, 6.45) is 0.834. The molecule has 2 aromatic carbocycles. The van der Waals surface area contributed by atoms with Crippen LogP contribution in [-0.2, 0) is 0 Å². The number of carbonyl (C=O) groups is 1. The van der Waals surface area contributed by atoms with Gasteiger partial charge in [-0.05, 0) is 30.7 Å². The summed E-state index contributed by atoms with van der Waals surface area (Å²) < 4.78 is 0. The summed E-state index contributed by atoms with van der Waals surface area (Å²) >= 11 is 0. The molecule has 17 heavy (non-hydrogen) atoms. The first-order valence-corrected chi connectivity index (χ1v) is 5.42. The molecule has 1 heteroatoms. The van der Waals surface area contributed by atoms with E-state index in [2.05, 4.69) is 11.8 Å². The monoisotopic (exact) mass is 220 g/mol. The van der Waals surface area contributed by atoms with Gasteiger partial charge >= 0.3 is 0 Å². The van der Waals surface area contributed by atoms with Crippen LogP contribution in [-0.4, -0.2) is 6.29 Å². The summed E-state index contributed by atoms with van der Waals surface area (Å²) in [7, 11) is 0. The summed E-state index contributed by atoms with van der Waals surface area (Å²) in [6, 6.07) is 15.3. The molecule has 0 saturated carbocycles. The van der Waals surface area contributed by atoms with E-state index in [0.29, 0.717) is 5.56 Å². The van der Waals surface area contributed by atoms with Crippen LogP contribution in [0, 0.1) is 18.8 Å². The third-order valence-electron chi connectivity index (χ3n) is 2.45. The zero-order valence-electron chi connectivity index (χ0n) is 9.60. The minimum absolute atomic E-state index is 0.632. The summed E-state index contributed by atoms with van der Waals surface area (Å²) in [5, 5.41) is 0. The second kappa shape index (κ2) is 5.14. The van der Waals surface area contributed by atoms with Gasteiger partial charge in [0.1, 0.15) is 0 Å². The first-order chi connectivity index (χ1) is 8.29. The van der Waals surface area contributed by atoms with E-state index in [1.165, 1.54) is 5.56 Å². The van der Waals surface area contributed by atoms with Crippen molar-refractivity contribution in [2.75, 3.05) is 0 Å². The average molecular weight is 220 g/mol. The molecule has 0 bridgehead atoms. The molecule has 0 N–H and O–H groups in total. The van der Waals surface area contributed by atoms with Crippen LogP contribution in [0.2, 0.25) is 0 Å². The van der Waals surface area contributed by atoms with Gasteiger partial charge in [-0.3, -0.25) is 4.79 Å². The number of rotatable bonds is 1. The Bertz CT molecular complexity index is 600. The van der Waals surface area contributed by atoms with Crippen molar-refractivity contribution >= 4 is 6.29 Å². The van der Waals surface area contributed by atoms with E-state index in [4.69, 9.17) is 0 Å². The zero-order chi connectivity index (χ0) is 12.1. The second-order valence-electron chi connectivity index (χ2n) is 3.82. The highest BCUT2D eigenvalue weighted by Gasteiger charge is 1.95. The van der Waals surface area contributed by atoms with Gasteiger partial charge in [0.15, 0.2) is 6.29 Å². The molecule has 1 nitrogen and oxygen atoms in total. The van der Waals surface area contributed by atoms with Gasteiger partial charge in [-0.25, -0.2) is 0 Å². The number of aldehydes is 1. The van der Waals surface area contributed by atoms with E-state index in [0.717, 1.165) is 17.4 Å². The quantitative estimate of drug-likeness (QED) is 0.532. The van der Waals surface area contributed by atoms with Gasteiger partial charge in [-0.15, -0.1) is 0 Å². The molecule has 0 aliphatic rings. The smallest absolute Gasteiger partial charge is 0.151 e. The maximum atomic E-state index is 10.8. The van der Waals surface area contributed by atoms with Gasteiger partial charge in [-0.1, -0.05) is 42.2 Å². The molecule has 82 valence electrons. The lowest BCUT2D eigenvalue weighted by Gasteiger charge is -1.95. The third kappa shape index (κ3) is 2.83. The highest BCUT2D eigenvalue weighted by Crippen LogP contribution is 2.06. The molecule has 0 aliphatic heterocycles. The zero-order valence-corrected chi connectivity index (χ0v) is 9.60. The van der Waals surface area contributed by atoms with Crippen molar-refractivity contribution in [3.05, 3.63) is 70.8 Å². The van der Waals surface area contributed by atoms with Gasteiger partial charge in [0.2, 0.25) is 0 Å². The Morgan fingerprint density at radius 1 is 1.00 bits per heavy atom. The van der Waals surface area contributed by atoms with E-state index < -0.39 is 0 Å². The van der Waals surface area contributed by atoms with Crippen molar-refractivity contribution in [2.45, 2.75) is 6.92 Å². The predicted octanol–water partition coefficient (Wildman–Crippen LogP) is 3.21. The normalized spacial score (nSPS) is 9.24. The van der Waals surface area contributed by atoms with E-state index >= 15 is 0 Å². The molecule has 0 spiro atoms. The van der Waals surface area contributed by atoms with Crippen LogP contribution >= 0.6 is 0 Å². The molecule has 0 radical (unpaired) electrons. The van der Waals surface area contributed by atoms with Gasteiger partial charge in [0.25, 0.3) is 0 Å². The van der Waals surface area contributed by atoms with Crippen LogP contribution in [0.15, 0.2) is 48.5 Å². The largest absolute Gasteiger partial charge is 0.298 e. The SMILES string of the molecule is Cc1cccc(C#Cc2ccccc2C=O)c1. The fourth-order valence-corrected chi connectivity index (χ4v) is 1.58. The molecule has 0 fully saturated rings. The minimum Gasteiger partial charge on any atom is -0.298 e. The van der Waals surface area contributed by atoms with Crippen LogP contribution in [0.4, 0.5) is 0 Å². The van der Waals surface area contributed by atoms with Gasteiger partial charge in [-0.2, -0.15) is 0 Å². The average Bonchev–Trinajstić information content (AvgIpc) is 2.37. The molecular formula is C16H12O. The second-order valence-corrected chi connectivity index (χ2v) is 3.82. The number of aryl methyl sites for hydroxylation is 1. The lowest BCUT2D eigenvalue weighted by molar-refractivity contribution is 0.112. The topological polar surface area (TPSA) is 17.1 Å². The van der Waals surface area contributed by atoms with Crippen LogP contribution in [0.3, 0.4) is 0 Å². The van der Waals surface area contributed by atoms with E-state index in [9.17, 15) is 4.79 Å². The van der Waals surface area contributed by atoms with E-state index in [1.807, 2.05) is 49.4 Å². The molecule has 0 atom stereocenters. The van der Waals surface area contributed by atoms with Crippen molar-refractivity contribution in [3.8, 4) is 11.8 Å². The maximum Gasteiger partial charge on any atom is 0.151 e. The van der Waals surface area contributed by atoms with Crippen molar-refractivity contribution in [1.82, 2.24) is 0 Å². The summed E-state index contributed by atoms with van der Waals surface area (Å²) in [5.41, 5.74) is 3.54. The van der Waals surface area contributed by atoms with Crippen LogP contribution in [0.1, 0.15) is 27.0 Å². The van der Waals surface area contributed by atoms with E-state index in [1.54, 1.807) is 6.07 Å². The Kier molecular flexibility index (Phi) is 3.37. The fourth-order valence-electron chi connectivity index (χ4n) is 1.58. The van der Waals surface area contributed by atoms with Crippen molar-refractivity contribution in [3.63, 3.8) is 0 Å². The maximum absolute atomic E-state index is 10.8. The van der Waals surface area contributed by atoms with Crippen molar-refractivity contribution < 1.29 is 4.79 Å². The van der Waals surface area contributed by atoms with Crippen molar-refractivity contribution in [2.24, 2.45) is 0 Å². The first-order valence-electron chi connectivity index (χ1n) is 5.42. The summed E-state index contributed by atoms with van der Waals surface area (Å²) in [6.45, 7) is 2.03. The molecule has 0 amide bonds. The molecule has 0 unspecified atom stereocenters. The van der Waals surface area contributed by atoms with E-state index in [-0.39, 0.29) is 0 Å².